The monoisotopic (exact) mass is 300 g/mol. The van der Waals surface area contributed by atoms with Crippen LogP contribution in [0.5, 0.6) is 0 Å². The molecule has 2 rings (SSSR count). The zero-order chi connectivity index (χ0) is 13.7. The smallest absolute Gasteiger partial charge is 0.241 e. The Morgan fingerprint density at radius 2 is 2.32 bits per heavy atom. The largest absolute Gasteiger partial charge is 0.349 e. The molecule has 0 saturated heterocycles. The molecule has 0 saturated carbocycles. The molecule has 0 radical (unpaired) electrons. The minimum Gasteiger partial charge on any atom is -0.349 e. The van der Waals surface area contributed by atoms with Crippen LogP contribution in [0.1, 0.15) is 10.7 Å². The molecule has 2 heterocycles. The number of nitrogens with zero attached hydrogens (tertiary/aromatic N) is 1. The van der Waals surface area contributed by atoms with Crippen LogP contribution in [0.15, 0.2) is 28.7 Å². The molecule has 0 amide bonds. The number of sulfonamides is 1. The number of H-pyrrole nitrogens is 1. The molecule has 3 N–H and O–H groups in total. The summed E-state index contributed by atoms with van der Waals surface area (Å²) < 4.78 is 26.9. The normalized spacial score (nSPS) is 11.8. The minimum absolute atomic E-state index is 0.324. The molecule has 6 nitrogen and oxygen atoms in total. The zero-order valence-electron chi connectivity index (χ0n) is 10.5. The van der Waals surface area contributed by atoms with E-state index in [1.165, 1.54) is 11.3 Å². The van der Waals surface area contributed by atoms with Crippen LogP contribution in [0.2, 0.25) is 0 Å². The summed E-state index contributed by atoms with van der Waals surface area (Å²) in [5.41, 5.74) is 0. The molecule has 0 unspecified atom stereocenters. The Balaban J connectivity index is 1.99. The first-order valence-electron chi connectivity index (χ1n) is 5.82. The van der Waals surface area contributed by atoms with Gasteiger partial charge in [0.25, 0.3) is 0 Å². The van der Waals surface area contributed by atoms with Crippen molar-refractivity contribution in [2.24, 2.45) is 0 Å². The number of aromatic nitrogens is 2. The van der Waals surface area contributed by atoms with Gasteiger partial charge in [0.2, 0.25) is 10.0 Å². The average Bonchev–Trinajstić information content (AvgIpc) is 3.00. The molecule has 2 aromatic heterocycles. The lowest BCUT2D eigenvalue weighted by Gasteiger charge is -2.06. The Kier molecular flexibility index (Phi) is 4.70. The summed E-state index contributed by atoms with van der Waals surface area (Å²) in [6, 6.07) is 1.63. The van der Waals surface area contributed by atoms with Crippen molar-refractivity contribution < 1.29 is 8.42 Å². The maximum absolute atomic E-state index is 12.2. The summed E-state index contributed by atoms with van der Waals surface area (Å²) in [7, 11) is -1.65. The van der Waals surface area contributed by atoms with Crippen molar-refractivity contribution in [1.29, 1.82) is 0 Å². The molecule has 0 atom stereocenters. The number of imidazole rings is 1. The van der Waals surface area contributed by atoms with Gasteiger partial charge in [-0.15, -0.1) is 11.3 Å². The van der Waals surface area contributed by atoms with Crippen molar-refractivity contribution >= 4 is 21.4 Å². The second kappa shape index (κ2) is 6.29. The van der Waals surface area contributed by atoms with Gasteiger partial charge in [0.15, 0.2) is 0 Å². The molecule has 19 heavy (non-hydrogen) atoms. The first-order chi connectivity index (χ1) is 9.13. The fourth-order valence-electron chi connectivity index (χ4n) is 1.67. The number of thiophene rings is 1. The maximum Gasteiger partial charge on any atom is 0.241 e. The van der Waals surface area contributed by atoms with E-state index < -0.39 is 10.0 Å². The fourth-order valence-corrected chi connectivity index (χ4v) is 4.16. The first kappa shape index (κ1) is 14.2. The van der Waals surface area contributed by atoms with Crippen molar-refractivity contribution in [2.75, 3.05) is 13.6 Å². The van der Waals surface area contributed by atoms with Crippen molar-refractivity contribution in [1.82, 2.24) is 20.0 Å². The molecule has 0 aliphatic carbocycles. The first-order valence-corrected chi connectivity index (χ1v) is 8.18. The van der Waals surface area contributed by atoms with Crippen LogP contribution >= 0.6 is 11.3 Å². The van der Waals surface area contributed by atoms with E-state index in [-0.39, 0.29) is 0 Å². The van der Waals surface area contributed by atoms with Gasteiger partial charge >= 0.3 is 0 Å². The molecule has 0 fully saturated rings. The van der Waals surface area contributed by atoms with Crippen LogP contribution in [0.3, 0.4) is 0 Å². The predicted octanol–water partition coefficient (Wildman–Crippen LogP) is 0.712. The number of aromatic amines is 1. The quantitative estimate of drug-likeness (QED) is 0.703. The highest BCUT2D eigenvalue weighted by atomic mass is 32.2. The van der Waals surface area contributed by atoms with Gasteiger partial charge in [0, 0.05) is 36.8 Å². The van der Waals surface area contributed by atoms with Crippen LogP contribution < -0.4 is 10.0 Å². The Bertz CT molecular complexity index is 604. The second-order valence-electron chi connectivity index (χ2n) is 3.92. The van der Waals surface area contributed by atoms with Crippen LogP contribution in [0.25, 0.3) is 0 Å². The third kappa shape index (κ3) is 3.63. The minimum atomic E-state index is -3.44. The zero-order valence-corrected chi connectivity index (χ0v) is 12.1. The highest BCUT2D eigenvalue weighted by Gasteiger charge is 2.18. The highest BCUT2D eigenvalue weighted by Crippen LogP contribution is 2.21. The molecule has 8 heteroatoms. The van der Waals surface area contributed by atoms with E-state index in [2.05, 4.69) is 20.0 Å². The van der Waals surface area contributed by atoms with Gasteiger partial charge in [-0.2, -0.15) is 0 Å². The summed E-state index contributed by atoms with van der Waals surface area (Å²) in [5.74, 6) is 0.767. The summed E-state index contributed by atoms with van der Waals surface area (Å²) >= 11 is 1.43. The fraction of sp³-hybridized carbons (Fsp3) is 0.364. The maximum atomic E-state index is 12.2. The van der Waals surface area contributed by atoms with E-state index in [1.807, 2.05) is 0 Å². The molecule has 0 aromatic carbocycles. The second-order valence-corrected chi connectivity index (χ2v) is 6.66. The Morgan fingerprint density at radius 1 is 1.47 bits per heavy atom. The molecule has 0 aliphatic heterocycles. The molecule has 2 aromatic rings. The van der Waals surface area contributed by atoms with Gasteiger partial charge in [-0.25, -0.2) is 18.1 Å². The van der Waals surface area contributed by atoms with Crippen LogP contribution in [0.4, 0.5) is 0 Å². The lowest BCUT2D eigenvalue weighted by Crippen LogP contribution is -2.27. The summed E-state index contributed by atoms with van der Waals surface area (Å²) in [6.07, 6.45) is 3.90. The molecule has 0 aliphatic rings. The average molecular weight is 300 g/mol. The van der Waals surface area contributed by atoms with Gasteiger partial charge in [0.05, 0.1) is 4.90 Å². The van der Waals surface area contributed by atoms with Crippen molar-refractivity contribution in [3.8, 4) is 0 Å². The molecular formula is C11H16N4O2S2. The summed E-state index contributed by atoms with van der Waals surface area (Å²) in [4.78, 5) is 8.15. The standard InChI is InChI=1S/C11H16N4O2S2/c1-12-8-9-10(3-7-18-9)19(16,17)15-4-2-11-13-5-6-14-11/h3,5-7,12,15H,2,4,8H2,1H3,(H,13,14). The van der Waals surface area contributed by atoms with E-state index in [0.29, 0.717) is 24.4 Å². The predicted molar refractivity (Wildman–Crippen MR) is 74.6 cm³/mol. The van der Waals surface area contributed by atoms with Crippen LogP contribution in [-0.2, 0) is 23.0 Å². The number of rotatable bonds is 7. The highest BCUT2D eigenvalue weighted by molar-refractivity contribution is 7.89. The lowest BCUT2D eigenvalue weighted by atomic mass is 10.4. The lowest BCUT2D eigenvalue weighted by molar-refractivity contribution is 0.580. The molecule has 104 valence electrons. The van der Waals surface area contributed by atoms with Crippen molar-refractivity contribution in [2.45, 2.75) is 17.9 Å². The number of nitrogens with one attached hydrogen (secondary N) is 3. The van der Waals surface area contributed by atoms with Crippen LogP contribution in [-0.4, -0.2) is 32.0 Å². The number of hydrogen-bond acceptors (Lipinski definition) is 5. The Hall–Kier alpha value is -1.22. The van der Waals surface area contributed by atoms with E-state index in [1.54, 1.807) is 30.9 Å². The third-order valence-corrected chi connectivity index (χ3v) is 5.14. The van der Waals surface area contributed by atoms with Gasteiger partial charge in [0.1, 0.15) is 5.82 Å². The van der Waals surface area contributed by atoms with E-state index in [4.69, 9.17) is 0 Å². The molecule has 0 bridgehead atoms. The van der Waals surface area contributed by atoms with Gasteiger partial charge in [-0.1, -0.05) is 0 Å². The van der Waals surface area contributed by atoms with Crippen LogP contribution in [0, 0.1) is 0 Å². The summed E-state index contributed by atoms with van der Waals surface area (Å²) in [6.45, 7) is 0.872. The van der Waals surface area contributed by atoms with Crippen molar-refractivity contribution in [3.63, 3.8) is 0 Å². The van der Waals surface area contributed by atoms with Crippen molar-refractivity contribution in [3.05, 3.63) is 34.5 Å². The molecular weight excluding hydrogens is 284 g/mol. The van der Waals surface area contributed by atoms with Gasteiger partial charge < -0.3 is 10.3 Å². The summed E-state index contributed by atoms with van der Waals surface area (Å²) in [5, 5.41) is 4.75. The van der Waals surface area contributed by atoms with E-state index in [9.17, 15) is 8.42 Å². The topological polar surface area (TPSA) is 86.9 Å². The number of hydrogen-bond donors (Lipinski definition) is 3. The SMILES string of the molecule is CNCc1sccc1S(=O)(=O)NCCc1ncc[nH]1. The Morgan fingerprint density at radius 3 is 3.00 bits per heavy atom. The van der Waals surface area contributed by atoms with E-state index >= 15 is 0 Å². The molecule has 0 spiro atoms. The van der Waals surface area contributed by atoms with Gasteiger partial charge in [-0.05, 0) is 18.5 Å². The third-order valence-electron chi connectivity index (χ3n) is 2.54. The van der Waals surface area contributed by atoms with E-state index in [0.717, 1.165) is 10.7 Å². The van der Waals surface area contributed by atoms with Gasteiger partial charge in [-0.3, -0.25) is 0 Å². The Labute approximate surface area is 116 Å².